The fourth-order valence-electron chi connectivity index (χ4n) is 3.36. The van der Waals surface area contributed by atoms with Gasteiger partial charge in [-0.2, -0.15) is 0 Å². The second kappa shape index (κ2) is 11.9. The molecule has 0 bridgehead atoms. The molecular weight excluding hydrogens is 400 g/mol. The number of allylic oxidation sites excluding steroid dienone is 1. The average molecular weight is 431 g/mol. The van der Waals surface area contributed by atoms with Crippen molar-refractivity contribution in [2.75, 3.05) is 6.61 Å². The summed E-state index contributed by atoms with van der Waals surface area (Å²) < 4.78 is 12.2. The lowest BCUT2D eigenvalue weighted by Gasteiger charge is -2.16. The number of fused-ring (bicyclic) bond motifs is 1. The summed E-state index contributed by atoms with van der Waals surface area (Å²) in [6.45, 7) is 6.69. The van der Waals surface area contributed by atoms with Crippen molar-refractivity contribution in [3.63, 3.8) is 0 Å². The van der Waals surface area contributed by atoms with Gasteiger partial charge in [0.2, 0.25) is 5.75 Å². The van der Waals surface area contributed by atoms with Crippen molar-refractivity contribution in [3.05, 3.63) is 50.3 Å². The van der Waals surface area contributed by atoms with Gasteiger partial charge in [-0.3, -0.25) is 19.7 Å². The van der Waals surface area contributed by atoms with Crippen LogP contribution in [0, 0.1) is 10.1 Å². The van der Waals surface area contributed by atoms with Crippen molar-refractivity contribution in [1.82, 2.24) is 4.57 Å². The molecule has 0 saturated carbocycles. The Bertz CT molecular complexity index is 1010. The van der Waals surface area contributed by atoms with Crippen LogP contribution in [0.3, 0.4) is 0 Å². The van der Waals surface area contributed by atoms with Gasteiger partial charge in [0.15, 0.2) is 5.75 Å². The fraction of sp³-hybridized carbons (Fsp3) is 0.478. The maximum Gasteiger partial charge on any atom is 0.298 e. The van der Waals surface area contributed by atoms with Gasteiger partial charge in [-0.1, -0.05) is 44.6 Å². The highest BCUT2D eigenvalue weighted by atomic mass is 16.6. The lowest BCUT2D eigenvalue weighted by molar-refractivity contribution is -0.384. The number of rotatable bonds is 13. The zero-order chi connectivity index (χ0) is 22.8. The molecule has 0 aliphatic rings. The molecule has 2 aromatic rings. The summed E-state index contributed by atoms with van der Waals surface area (Å²) in [5.41, 5.74) is 0.746. The fourth-order valence-corrected chi connectivity index (χ4v) is 3.36. The standard InChI is InChI=1S/C23H30N2O6/c1-4-5-6-7-8-9-13-24-20-15-18(25(28)29)10-11-19(20)21(30-14-12-17(2)3)22(23(24)27)31-16-26/h10-12,15-16H,4-9,13-14H2,1-3H3. The van der Waals surface area contributed by atoms with Crippen molar-refractivity contribution < 1.29 is 19.2 Å². The van der Waals surface area contributed by atoms with Crippen LogP contribution in [0.2, 0.25) is 0 Å². The molecule has 1 heterocycles. The predicted octanol–water partition coefficient (Wildman–Crippen LogP) is 5.15. The first-order valence-electron chi connectivity index (χ1n) is 10.6. The molecule has 31 heavy (non-hydrogen) atoms. The summed E-state index contributed by atoms with van der Waals surface area (Å²) in [5, 5.41) is 11.8. The number of carbonyl (C=O) groups is 1. The van der Waals surface area contributed by atoms with E-state index in [2.05, 4.69) is 6.92 Å². The Morgan fingerprint density at radius 2 is 1.84 bits per heavy atom. The predicted molar refractivity (Wildman–Crippen MR) is 120 cm³/mol. The van der Waals surface area contributed by atoms with Crippen molar-refractivity contribution in [1.29, 1.82) is 0 Å². The van der Waals surface area contributed by atoms with Crippen LogP contribution in [0.15, 0.2) is 34.6 Å². The number of carbonyl (C=O) groups excluding carboxylic acids is 1. The molecule has 1 aromatic carbocycles. The molecular formula is C23H30N2O6. The van der Waals surface area contributed by atoms with Crippen molar-refractivity contribution >= 4 is 23.1 Å². The van der Waals surface area contributed by atoms with Gasteiger partial charge in [0, 0.05) is 24.1 Å². The number of ether oxygens (including phenoxy) is 2. The zero-order valence-electron chi connectivity index (χ0n) is 18.4. The lowest BCUT2D eigenvalue weighted by Crippen LogP contribution is -2.24. The van der Waals surface area contributed by atoms with Gasteiger partial charge in [0.25, 0.3) is 17.7 Å². The summed E-state index contributed by atoms with van der Waals surface area (Å²) in [6.07, 6.45) is 8.00. The molecule has 0 aliphatic carbocycles. The van der Waals surface area contributed by atoms with E-state index < -0.39 is 10.5 Å². The molecule has 2 rings (SSSR count). The molecule has 0 atom stereocenters. The maximum atomic E-state index is 13.2. The highest BCUT2D eigenvalue weighted by Gasteiger charge is 2.21. The summed E-state index contributed by atoms with van der Waals surface area (Å²) in [7, 11) is 0. The van der Waals surface area contributed by atoms with Gasteiger partial charge in [-0.05, 0) is 32.4 Å². The van der Waals surface area contributed by atoms with Crippen LogP contribution in [0.1, 0.15) is 59.3 Å². The first-order valence-corrected chi connectivity index (χ1v) is 10.6. The average Bonchev–Trinajstić information content (AvgIpc) is 2.73. The van der Waals surface area contributed by atoms with Crippen molar-refractivity contribution in [3.8, 4) is 11.5 Å². The molecule has 8 nitrogen and oxygen atoms in total. The van der Waals surface area contributed by atoms with Crippen LogP contribution >= 0.6 is 0 Å². The van der Waals surface area contributed by atoms with Crippen molar-refractivity contribution in [2.24, 2.45) is 0 Å². The first kappa shape index (κ1) is 24.1. The third-order valence-corrected chi connectivity index (χ3v) is 4.99. The van der Waals surface area contributed by atoms with Crippen LogP contribution in [0.5, 0.6) is 11.5 Å². The number of nitro groups is 1. The topological polar surface area (TPSA) is 101 Å². The Morgan fingerprint density at radius 1 is 1.13 bits per heavy atom. The monoisotopic (exact) mass is 430 g/mol. The third kappa shape index (κ3) is 6.41. The number of hydrogen-bond donors (Lipinski definition) is 0. The molecule has 0 saturated heterocycles. The van der Waals surface area contributed by atoms with Crippen molar-refractivity contribution in [2.45, 2.75) is 65.8 Å². The number of unbranched alkanes of at least 4 members (excludes halogenated alkanes) is 5. The number of non-ortho nitro benzene ring substituents is 1. The van der Waals surface area contributed by atoms with Crippen LogP contribution in [-0.4, -0.2) is 22.6 Å². The van der Waals surface area contributed by atoms with E-state index in [-0.39, 0.29) is 30.3 Å². The van der Waals surface area contributed by atoms with Gasteiger partial charge in [0.1, 0.15) is 6.61 Å². The van der Waals surface area contributed by atoms with Gasteiger partial charge in [0.05, 0.1) is 10.4 Å². The molecule has 8 heteroatoms. The number of hydrogen-bond acceptors (Lipinski definition) is 6. The van der Waals surface area contributed by atoms with Crippen LogP contribution < -0.4 is 15.0 Å². The Kier molecular flexibility index (Phi) is 9.24. The SMILES string of the molecule is CCCCCCCCn1c(=O)c(OC=O)c(OCC=C(C)C)c2ccc([N+](=O)[O-])cc21. The molecule has 0 spiro atoms. The molecule has 168 valence electrons. The minimum atomic E-state index is -0.541. The molecule has 0 fully saturated rings. The van der Waals surface area contributed by atoms with E-state index in [1.165, 1.54) is 29.2 Å². The minimum Gasteiger partial charge on any atom is -0.485 e. The second-order valence-corrected chi connectivity index (χ2v) is 7.65. The zero-order valence-corrected chi connectivity index (χ0v) is 18.4. The van der Waals surface area contributed by atoms with E-state index in [1.807, 2.05) is 19.9 Å². The Morgan fingerprint density at radius 3 is 2.48 bits per heavy atom. The molecule has 1 aromatic heterocycles. The van der Waals surface area contributed by atoms with Gasteiger partial charge in [-0.25, -0.2) is 0 Å². The highest BCUT2D eigenvalue weighted by molar-refractivity contribution is 5.90. The van der Waals surface area contributed by atoms with Crippen LogP contribution in [0.4, 0.5) is 5.69 Å². The number of aryl methyl sites for hydroxylation is 1. The summed E-state index contributed by atoms with van der Waals surface area (Å²) in [6, 6.07) is 4.24. The summed E-state index contributed by atoms with van der Waals surface area (Å²) >= 11 is 0. The van der Waals surface area contributed by atoms with Gasteiger partial charge >= 0.3 is 0 Å². The van der Waals surface area contributed by atoms with E-state index >= 15 is 0 Å². The first-order chi connectivity index (χ1) is 14.9. The Hall–Kier alpha value is -3.16. The lowest BCUT2D eigenvalue weighted by atomic mass is 10.1. The summed E-state index contributed by atoms with van der Waals surface area (Å²) in [4.78, 5) is 35.0. The van der Waals surface area contributed by atoms with Gasteiger partial charge in [-0.15, -0.1) is 0 Å². The third-order valence-electron chi connectivity index (χ3n) is 4.99. The normalized spacial score (nSPS) is 10.7. The Balaban J connectivity index is 2.53. The minimum absolute atomic E-state index is 0.110. The quantitative estimate of drug-likeness (QED) is 0.143. The molecule has 0 radical (unpaired) electrons. The van der Waals surface area contributed by atoms with E-state index in [0.717, 1.165) is 37.7 Å². The van der Waals surface area contributed by atoms with E-state index in [1.54, 1.807) is 0 Å². The second-order valence-electron chi connectivity index (χ2n) is 7.65. The number of aromatic nitrogens is 1. The van der Waals surface area contributed by atoms with E-state index in [9.17, 15) is 19.7 Å². The smallest absolute Gasteiger partial charge is 0.298 e. The highest BCUT2D eigenvalue weighted by Crippen LogP contribution is 2.34. The molecule has 0 N–H and O–H groups in total. The largest absolute Gasteiger partial charge is 0.485 e. The molecule has 0 aliphatic heterocycles. The number of nitrogens with zero attached hydrogens (tertiary/aromatic N) is 2. The number of benzene rings is 1. The Labute approximate surface area is 181 Å². The number of pyridine rings is 1. The maximum absolute atomic E-state index is 13.2. The van der Waals surface area contributed by atoms with E-state index in [4.69, 9.17) is 9.47 Å². The molecule has 0 unspecified atom stereocenters. The summed E-state index contributed by atoms with van der Waals surface area (Å²) in [5.74, 6) is -0.0943. The van der Waals surface area contributed by atoms with Gasteiger partial charge < -0.3 is 14.0 Å². The van der Waals surface area contributed by atoms with E-state index in [0.29, 0.717) is 17.4 Å². The van der Waals surface area contributed by atoms with Crippen LogP contribution in [0.25, 0.3) is 10.9 Å². The van der Waals surface area contributed by atoms with Crippen LogP contribution in [-0.2, 0) is 11.3 Å². The molecule has 0 amide bonds. The number of nitro benzene ring substituents is 1.